The normalized spacial score (nSPS) is 11.0. The Balaban J connectivity index is 1.84. The molecule has 2 aromatic carbocycles. The van der Waals surface area contributed by atoms with Crippen LogP contribution in [0.3, 0.4) is 0 Å². The Kier molecular flexibility index (Phi) is 9.72. The minimum Gasteiger partial charge on any atom is -0.497 e. The van der Waals surface area contributed by atoms with E-state index in [2.05, 4.69) is 10.6 Å². The number of rotatable bonds is 10. The van der Waals surface area contributed by atoms with Crippen molar-refractivity contribution in [3.05, 3.63) is 70.8 Å². The third-order valence-corrected chi connectivity index (χ3v) is 4.46. The number of carbonyl (C=O) groups is 2. The van der Waals surface area contributed by atoms with Gasteiger partial charge >= 0.3 is 0 Å². The van der Waals surface area contributed by atoms with Crippen LogP contribution >= 0.6 is 0 Å². The van der Waals surface area contributed by atoms with Crippen LogP contribution in [0.5, 0.6) is 11.5 Å². The standard InChI is InChI=1S/C25H24N4O4/c1-32-22-8-3-6-18(14-22)12-20(16-26)24(30)28-10-5-11-29-25(31)21(17-27)13-19-7-4-9-23(15-19)33-2/h3-4,6-9,12-15H,5,10-11H2,1-2H3,(H,28,30)(H,29,31)/b20-12+,21-13+. The summed E-state index contributed by atoms with van der Waals surface area (Å²) < 4.78 is 10.3. The van der Waals surface area contributed by atoms with Gasteiger partial charge in [-0.3, -0.25) is 9.59 Å². The molecule has 0 aliphatic heterocycles. The fourth-order valence-corrected chi connectivity index (χ4v) is 2.78. The molecule has 0 spiro atoms. The minimum absolute atomic E-state index is 0.0414. The first-order valence-electron chi connectivity index (χ1n) is 10.1. The van der Waals surface area contributed by atoms with Crippen molar-refractivity contribution in [1.29, 1.82) is 10.5 Å². The van der Waals surface area contributed by atoms with Crippen molar-refractivity contribution in [3.8, 4) is 23.6 Å². The zero-order valence-electron chi connectivity index (χ0n) is 18.4. The number of nitrogens with one attached hydrogen (secondary N) is 2. The molecule has 2 amide bonds. The summed E-state index contributed by atoms with van der Waals surface area (Å²) in [7, 11) is 3.07. The van der Waals surface area contributed by atoms with Crippen molar-refractivity contribution in [2.24, 2.45) is 0 Å². The molecular weight excluding hydrogens is 420 g/mol. The van der Waals surface area contributed by atoms with Crippen LogP contribution in [-0.2, 0) is 9.59 Å². The molecule has 0 aliphatic carbocycles. The van der Waals surface area contributed by atoms with Crippen molar-refractivity contribution >= 4 is 24.0 Å². The molecule has 33 heavy (non-hydrogen) atoms. The fourth-order valence-electron chi connectivity index (χ4n) is 2.78. The maximum atomic E-state index is 12.3. The summed E-state index contributed by atoms with van der Waals surface area (Å²) in [4.78, 5) is 24.5. The van der Waals surface area contributed by atoms with Crippen molar-refractivity contribution in [2.75, 3.05) is 27.3 Å². The van der Waals surface area contributed by atoms with Crippen LogP contribution in [0.1, 0.15) is 17.5 Å². The van der Waals surface area contributed by atoms with Crippen LogP contribution in [-0.4, -0.2) is 39.1 Å². The highest BCUT2D eigenvalue weighted by atomic mass is 16.5. The molecule has 2 aromatic rings. The highest BCUT2D eigenvalue weighted by Crippen LogP contribution is 2.16. The average molecular weight is 444 g/mol. The van der Waals surface area contributed by atoms with Crippen LogP contribution in [0, 0.1) is 22.7 Å². The van der Waals surface area contributed by atoms with Gasteiger partial charge in [-0.2, -0.15) is 10.5 Å². The molecule has 0 bridgehead atoms. The van der Waals surface area contributed by atoms with E-state index in [9.17, 15) is 20.1 Å². The van der Waals surface area contributed by atoms with E-state index < -0.39 is 11.8 Å². The molecule has 8 heteroatoms. The Labute approximate surface area is 192 Å². The summed E-state index contributed by atoms with van der Waals surface area (Å²) in [5.41, 5.74) is 1.25. The molecule has 0 radical (unpaired) electrons. The number of nitrogens with zero attached hydrogens (tertiary/aromatic N) is 2. The second-order valence-corrected chi connectivity index (χ2v) is 6.76. The number of carbonyl (C=O) groups excluding carboxylic acids is 2. The van der Waals surface area contributed by atoms with Gasteiger partial charge in [0.25, 0.3) is 11.8 Å². The Morgan fingerprint density at radius 2 is 1.24 bits per heavy atom. The number of hydrogen-bond acceptors (Lipinski definition) is 6. The summed E-state index contributed by atoms with van der Waals surface area (Å²) >= 11 is 0. The van der Waals surface area contributed by atoms with E-state index in [-0.39, 0.29) is 24.2 Å². The second kappa shape index (κ2) is 13.0. The van der Waals surface area contributed by atoms with Crippen molar-refractivity contribution in [2.45, 2.75) is 6.42 Å². The fraction of sp³-hybridized carbons (Fsp3) is 0.200. The van der Waals surface area contributed by atoms with Gasteiger partial charge in [0, 0.05) is 13.1 Å². The zero-order chi connectivity index (χ0) is 24.1. The topological polar surface area (TPSA) is 124 Å². The molecular formula is C25H24N4O4. The van der Waals surface area contributed by atoms with Gasteiger partial charge in [0.1, 0.15) is 34.8 Å². The number of benzene rings is 2. The highest BCUT2D eigenvalue weighted by Gasteiger charge is 2.10. The van der Waals surface area contributed by atoms with E-state index in [1.165, 1.54) is 26.4 Å². The Morgan fingerprint density at radius 3 is 1.61 bits per heavy atom. The van der Waals surface area contributed by atoms with E-state index in [0.717, 1.165) is 0 Å². The number of methoxy groups -OCH3 is 2. The number of ether oxygens (including phenoxy) is 2. The van der Waals surface area contributed by atoms with Gasteiger partial charge in [-0.1, -0.05) is 24.3 Å². The molecule has 0 saturated carbocycles. The lowest BCUT2D eigenvalue weighted by atomic mass is 10.1. The largest absolute Gasteiger partial charge is 0.497 e. The van der Waals surface area contributed by atoms with Crippen LogP contribution in [0.25, 0.3) is 12.2 Å². The first kappa shape index (κ1) is 24.7. The first-order valence-corrected chi connectivity index (χ1v) is 10.1. The Bertz CT molecular complexity index is 1050. The summed E-state index contributed by atoms with van der Waals surface area (Å²) in [6, 6.07) is 17.8. The molecule has 0 aliphatic rings. The zero-order valence-corrected chi connectivity index (χ0v) is 18.4. The molecule has 0 heterocycles. The van der Waals surface area contributed by atoms with Gasteiger partial charge in [0.2, 0.25) is 0 Å². The summed E-state index contributed by atoms with van der Waals surface area (Å²) in [6.45, 7) is 0.495. The van der Waals surface area contributed by atoms with Gasteiger partial charge in [-0.05, 0) is 54.0 Å². The van der Waals surface area contributed by atoms with Gasteiger partial charge < -0.3 is 20.1 Å². The van der Waals surface area contributed by atoms with Crippen molar-refractivity contribution < 1.29 is 19.1 Å². The third-order valence-electron chi connectivity index (χ3n) is 4.46. The Morgan fingerprint density at radius 1 is 0.818 bits per heavy atom. The predicted octanol–water partition coefficient (Wildman–Crippen LogP) is 2.84. The van der Waals surface area contributed by atoms with Gasteiger partial charge in [-0.25, -0.2) is 0 Å². The molecule has 0 aromatic heterocycles. The van der Waals surface area contributed by atoms with Crippen LogP contribution < -0.4 is 20.1 Å². The minimum atomic E-state index is -0.512. The molecule has 0 fully saturated rings. The number of nitriles is 2. The summed E-state index contributed by atoms with van der Waals surface area (Å²) in [5.74, 6) is 0.216. The highest BCUT2D eigenvalue weighted by molar-refractivity contribution is 6.02. The Hall–Kier alpha value is -4.56. The van der Waals surface area contributed by atoms with Gasteiger partial charge in [0.05, 0.1) is 14.2 Å². The van der Waals surface area contributed by atoms with E-state index in [1.54, 1.807) is 48.5 Å². The van der Waals surface area contributed by atoms with E-state index >= 15 is 0 Å². The van der Waals surface area contributed by atoms with E-state index in [0.29, 0.717) is 29.0 Å². The van der Waals surface area contributed by atoms with Gasteiger partial charge in [0.15, 0.2) is 0 Å². The molecule has 2 N–H and O–H groups in total. The lowest BCUT2D eigenvalue weighted by Gasteiger charge is -2.07. The third kappa shape index (κ3) is 7.89. The smallest absolute Gasteiger partial charge is 0.261 e. The molecule has 8 nitrogen and oxygen atoms in total. The second-order valence-electron chi connectivity index (χ2n) is 6.76. The molecule has 0 saturated heterocycles. The summed E-state index contributed by atoms with van der Waals surface area (Å²) in [5, 5.41) is 23.9. The van der Waals surface area contributed by atoms with E-state index in [1.807, 2.05) is 12.1 Å². The monoisotopic (exact) mass is 444 g/mol. The molecule has 0 atom stereocenters. The number of amides is 2. The molecule has 0 unspecified atom stereocenters. The maximum absolute atomic E-state index is 12.3. The van der Waals surface area contributed by atoms with Crippen molar-refractivity contribution in [3.63, 3.8) is 0 Å². The number of hydrogen-bond donors (Lipinski definition) is 2. The maximum Gasteiger partial charge on any atom is 0.261 e. The van der Waals surface area contributed by atoms with Crippen LogP contribution in [0.15, 0.2) is 59.7 Å². The van der Waals surface area contributed by atoms with Gasteiger partial charge in [-0.15, -0.1) is 0 Å². The molecule has 2 rings (SSSR count). The van der Waals surface area contributed by atoms with Crippen LogP contribution in [0.4, 0.5) is 0 Å². The van der Waals surface area contributed by atoms with E-state index in [4.69, 9.17) is 9.47 Å². The van der Waals surface area contributed by atoms with Crippen LogP contribution in [0.2, 0.25) is 0 Å². The average Bonchev–Trinajstić information content (AvgIpc) is 2.85. The predicted molar refractivity (Wildman–Crippen MR) is 124 cm³/mol. The SMILES string of the molecule is COc1cccc(/C=C(\C#N)C(=O)NCCCNC(=O)/C(C#N)=C/c2cccc(OC)c2)c1. The van der Waals surface area contributed by atoms with Crippen molar-refractivity contribution in [1.82, 2.24) is 10.6 Å². The first-order chi connectivity index (χ1) is 16.0. The molecule has 168 valence electrons. The lowest BCUT2D eigenvalue weighted by Crippen LogP contribution is -2.30. The lowest BCUT2D eigenvalue weighted by molar-refractivity contribution is -0.117. The summed E-state index contributed by atoms with van der Waals surface area (Å²) in [6.07, 6.45) is 3.37. The quantitative estimate of drug-likeness (QED) is 0.330.